The highest BCUT2D eigenvalue weighted by Crippen LogP contribution is 1.35. The summed E-state index contributed by atoms with van der Waals surface area (Å²) < 4.78 is 0. The summed E-state index contributed by atoms with van der Waals surface area (Å²) in [7, 11) is 0. The van der Waals surface area contributed by atoms with E-state index in [1.54, 1.807) is 0 Å². The molecule has 0 aliphatic heterocycles. The van der Waals surface area contributed by atoms with Gasteiger partial charge in [0.25, 0.3) is 0 Å². The van der Waals surface area contributed by atoms with Crippen molar-refractivity contribution in [2.24, 2.45) is 0 Å². The fourth-order valence-electron chi connectivity index (χ4n) is 0. The number of hydrogen-bond donors (Lipinski definition) is 1. The Kier molecular flexibility index (Phi) is 6.64. The van der Waals surface area contributed by atoms with Crippen LogP contribution in [-0.4, -0.2) is 5.90 Å². The lowest BCUT2D eigenvalue weighted by Crippen LogP contribution is -2.08. The highest BCUT2D eigenvalue weighted by molar-refractivity contribution is 5.85. The molecule has 32 valence electrons. The normalized spacial score (nSPS) is 5.00. The van der Waals surface area contributed by atoms with Crippen molar-refractivity contribution in [2.45, 2.75) is 6.92 Å². The number of rotatable bonds is 0. The Hall–Kier alpha value is -0.240. The van der Waals surface area contributed by atoms with Gasteiger partial charge < -0.3 is 10.5 Å². The second-order valence-corrected chi connectivity index (χ2v) is 0.556. The molecule has 0 amide bonds. The Morgan fingerprint density at radius 3 is 1.80 bits per heavy atom. The maximum atomic E-state index is 9.11. The SMILES string of the molecule is CC(=N)[O-].Cl. The molecular weight excluding hydrogens is 89.5 g/mol. The first kappa shape index (κ1) is 8.83. The van der Waals surface area contributed by atoms with Gasteiger partial charge in [0.1, 0.15) is 0 Å². The molecule has 0 radical (unpaired) electrons. The Bertz CT molecular complexity index is 32.6. The van der Waals surface area contributed by atoms with Gasteiger partial charge in [-0.1, -0.05) is 0 Å². The summed E-state index contributed by atoms with van der Waals surface area (Å²) in [5.41, 5.74) is 0. The Morgan fingerprint density at radius 1 is 1.80 bits per heavy atom. The van der Waals surface area contributed by atoms with E-state index < -0.39 is 5.90 Å². The van der Waals surface area contributed by atoms with E-state index in [4.69, 9.17) is 10.5 Å². The van der Waals surface area contributed by atoms with Crippen molar-refractivity contribution < 1.29 is 5.11 Å². The molecule has 0 bridgehead atoms. The van der Waals surface area contributed by atoms with Crippen molar-refractivity contribution in [3.05, 3.63) is 0 Å². The Balaban J connectivity index is 0. The van der Waals surface area contributed by atoms with E-state index >= 15 is 0 Å². The average molecular weight is 94.5 g/mol. The topological polar surface area (TPSA) is 46.9 Å². The van der Waals surface area contributed by atoms with Gasteiger partial charge in [0.2, 0.25) is 0 Å². The molecule has 0 heterocycles. The third-order valence-electron chi connectivity index (χ3n) is 0. The number of hydrogen-bond acceptors (Lipinski definition) is 2. The minimum Gasteiger partial charge on any atom is -0.862 e. The second kappa shape index (κ2) is 3.76. The van der Waals surface area contributed by atoms with Crippen LogP contribution in [0, 0.1) is 5.41 Å². The van der Waals surface area contributed by atoms with Gasteiger partial charge in [-0.25, -0.2) is 0 Å². The van der Waals surface area contributed by atoms with Gasteiger partial charge in [0, 0.05) is 0 Å². The van der Waals surface area contributed by atoms with Crippen LogP contribution in [0.1, 0.15) is 6.92 Å². The first-order chi connectivity index (χ1) is 1.73. The quantitative estimate of drug-likeness (QED) is 0.327. The smallest absolute Gasteiger partial charge is 0.0373 e. The minimum absolute atomic E-state index is 0. The third-order valence-corrected chi connectivity index (χ3v) is 0. The monoisotopic (exact) mass is 94.0 g/mol. The lowest BCUT2D eigenvalue weighted by atomic mass is 10.8. The summed E-state index contributed by atoms with van der Waals surface area (Å²) in [5.74, 6) is -0.583. The first-order valence-corrected chi connectivity index (χ1v) is 0.954. The summed E-state index contributed by atoms with van der Waals surface area (Å²) in [5, 5.41) is 15.1. The van der Waals surface area contributed by atoms with Gasteiger partial charge in [0.15, 0.2) is 0 Å². The molecular formula is C2H5ClNO-. The molecule has 2 nitrogen and oxygen atoms in total. The van der Waals surface area contributed by atoms with E-state index in [9.17, 15) is 0 Å². The van der Waals surface area contributed by atoms with E-state index in [-0.39, 0.29) is 12.4 Å². The van der Waals surface area contributed by atoms with Crippen LogP contribution in [0.5, 0.6) is 0 Å². The Labute approximate surface area is 36.7 Å². The zero-order valence-electron chi connectivity index (χ0n) is 2.82. The zero-order valence-corrected chi connectivity index (χ0v) is 3.63. The molecule has 0 aliphatic rings. The van der Waals surface area contributed by atoms with E-state index in [1.165, 1.54) is 6.92 Å². The molecule has 0 aromatic rings. The van der Waals surface area contributed by atoms with Crippen molar-refractivity contribution in [1.29, 1.82) is 5.41 Å². The van der Waals surface area contributed by atoms with E-state index in [1.807, 2.05) is 0 Å². The van der Waals surface area contributed by atoms with Gasteiger partial charge in [-0.15, -0.1) is 12.4 Å². The molecule has 0 saturated carbocycles. The fourth-order valence-corrected chi connectivity index (χ4v) is 0. The molecule has 0 spiro atoms. The van der Waals surface area contributed by atoms with Crippen LogP contribution in [0.3, 0.4) is 0 Å². The highest BCUT2D eigenvalue weighted by Gasteiger charge is 1.39. The fraction of sp³-hybridized carbons (Fsp3) is 0.500. The molecule has 0 fully saturated rings. The molecule has 0 aliphatic carbocycles. The third kappa shape index (κ3) is 202. The zero-order chi connectivity index (χ0) is 3.58. The molecule has 0 saturated heterocycles. The number of nitrogens with one attached hydrogen (secondary N) is 1. The lowest BCUT2D eigenvalue weighted by Gasteiger charge is -1.89. The van der Waals surface area contributed by atoms with E-state index in [2.05, 4.69) is 0 Å². The summed E-state index contributed by atoms with van der Waals surface area (Å²) >= 11 is 0. The molecule has 0 aromatic heterocycles. The maximum absolute atomic E-state index is 9.11. The second-order valence-electron chi connectivity index (χ2n) is 0.556. The van der Waals surface area contributed by atoms with Crippen LogP contribution in [0.25, 0.3) is 0 Å². The maximum Gasteiger partial charge on any atom is -0.0373 e. The molecule has 0 rings (SSSR count). The Morgan fingerprint density at radius 2 is 1.80 bits per heavy atom. The summed E-state index contributed by atoms with van der Waals surface area (Å²) in [4.78, 5) is 0. The van der Waals surface area contributed by atoms with E-state index in [0.717, 1.165) is 0 Å². The average Bonchev–Trinajstić information content (AvgIpc) is 0.811. The van der Waals surface area contributed by atoms with Gasteiger partial charge in [-0.3, -0.25) is 0 Å². The van der Waals surface area contributed by atoms with Crippen LogP contribution in [-0.2, 0) is 0 Å². The van der Waals surface area contributed by atoms with Gasteiger partial charge >= 0.3 is 0 Å². The van der Waals surface area contributed by atoms with Crippen molar-refractivity contribution in [2.75, 3.05) is 0 Å². The first-order valence-electron chi connectivity index (χ1n) is 0.954. The van der Waals surface area contributed by atoms with Crippen molar-refractivity contribution in [1.82, 2.24) is 0 Å². The van der Waals surface area contributed by atoms with Gasteiger partial charge in [-0.05, 0) is 12.8 Å². The van der Waals surface area contributed by atoms with Gasteiger partial charge in [-0.2, -0.15) is 0 Å². The van der Waals surface area contributed by atoms with Crippen molar-refractivity contribution in [3.8, 4) is 0 Å². The lowest BCUT2D eigenvalue weighted by molar-refractivity contribution is -0.217. The highest BCUT2D eigenvalue weighted by atomic mass is 35.5. The molecule has 0 unspecified atom stereocenters. The van der Waals surface area contributed by atoms with Crippen LogP contribution in [0.2, 0.25) is 0 Å². The van der Waals surface area contributed by atoms with Crippen molar-refractivity contribution in [3.63, 3.8) is 0 Å². The van der Waals surface area contributed by atoms with Crippen molar-refractivity contribution >= 4 is 18.3 Å². The van der Waals surface area contributed by atoms with Crippen LogP contribution >= 0.6 is 12.4 Å². The summed E-state index contributed by atoms with van der Waals surface area (Å²) in [6.45, 7) is 1.19. The van der Waals surface area contributed by atoms with Crippen LogP contribution in [0.4, 0.5) is 0 Å². The molecule has 0 aromatic carbocycles. The predicted molar refractivity (Wildman–Crippen MR) is 20.6 cm³/mol. The minimum atomic E-state index is -0.583. The van der Waals surface area contributed by atoms with Crippen LogP contribution < -0.4 is 5.11 Å². The van der Waals surface area contributed by atoms with E-state index in [0.29, 0.717) is 0 Å². The summed E-state index contributed by atoms with van der Waals surface area (Å²) in [6, 6.07) is 0. The number of halogens is 1. The largest absolute Gasteiger partial charge is 0.862 e. The summed E-state index contributed by atoms with van der Waals surface area (Å²) in [6.07, 6.45) is 0. The van der Waals surface area contributed by atoms with Gasteiger partial charge in [0.05, 0.1) is 0 Å². The van der Waals surface area contributed by atoms with Crippen LogP contribution in [0.15, 0.2) is 0 Å². The standard InChI is InChI=1S/C2H5NO.ClH/c1-2(3)4;/h1H3,(H2,3,4);1H/p-1. The molecule has 3 heteroatoms. The molecule has 1 N–H and O–H groups in total. The predicted octanol–water partition coefficient (Wildman–Crippen LogP) is -0.234. The molecule has 0 atom stereocenters. The molecule has 5 heavy (non-hydrogen) atoms.